The third-order valence-electron chi connectivity index (χ3n) is 5.53. The SMILES string of the molecule is CS(=O)(=O)c1ccc(C(=O)CCC(=O)NC2CCN(Cc3ccc(Cl)c(Cl)c3)CC2)cc1. The Morgan fingerprint density at radius 1 is 1.00 bits per heavy atom. The molecule has 1 saturated heterocycles. The second-order valence-corrected chi connectivity index (χ2v) is 10.9. The number of hydrogen-bond donors (Lipinski definition) is 1. The zero-order valence-electron chi connectivity index (χ0n) is 17.8. The van der Waals surface area contributed by atoms with E-state index in [9.17, 15) is 18.0 Å². The highest BCUT2D eigenvalue weighted by Gasteiger charge is 2.21. The van der Waals surface area contributed by atoms with Crippen LogP contribution in [-0.4, -0.2) is 50.4 Å². The molecular weight excluding hydrogens is 471 g/mol. The lowest BCUT2D eigenvalue weighted by Gasteiger charge is -2.32. The molecule has 2 aromatic carbocycles. The molecule has 3 rings (SSSR count). The molecule has 1 aliphatic heterocycles. The predicted molar refractivity (Wildman–Crippen MR) is 126 cm³/mol. The van der Waals surface area contributed by atoms with Crippen molar-refractivity contribution < 1.29 is 18.0 Å². The van der Waals surface area contributed by atoms with E-state index in [0.29, 0.717) is 15.6 Å². The lowest BCUT2D eigenvalue weighted by atomic mass is 10.0. The van der Waals surface area contributed by atoms with E-state index in [1.807, 2.05) is 12.1 Å². The van der Waals surface area contributed by atoms with Crippen LogP contribution in [0.3, 0.4) is 0 Å². The summed E-state index contributed by atoms with van der Waals surface area (Å²) in [6, 6.07) is 11.5. The van der Waals surface area contributed by atoms with E-state index < -0.39 is 9.84 Å². The van der Waals surface area contributed by atoms with Gasteiger partial charge < -0.3 is 5.32 Å². The van der Waals surface area contributed by atoms with Gasteiger partial charge in [0.1, 0.15) is 0 Å². The molecule has 1 fully saturated rings. The van der Waals surface area contributed by atoms with Gasteiger partial charge in [-0.3, -0.25) is 14.5 Å². The van der Waals surface area contributed by atoms with Crippen LogP contribution in [0.5, 0.6) is 0 Å². The van der Waals surface area contributed by atoms with Gasteiger partial charge in [0.2, 0.25) is 5.91 Å². The average Bonchev–Trinajstić information content (AvgIpc) is 2.75. The number of carbonyl (C=O) groups is 2. The molecule has 172 valence electrons. The van der Waals surface area contributed by atoms with Gasteiger partial charge in [-0.1, -0.05) is 41.4 Å². The molecule has 0 aromatic heterocycles. The molecule has 0 aliphatic carbocycles. The van der Waals surface area contributed by atoms with Crippen molar-refractivity contribution in [2.75, 3.05) is 19.3 Å². The summed E-state index contributed by atoms with van der Waals surface area (Å²) in [5.74, 6) is -0.328. The van der Waals surface area contributed by atoms with E-state index in [-0.39, 0.29) is 35.5 Å². The smallest absolute Gasteiger partial charge is 0.220 e. The largest absolute Gasteiger partial charge is 0.353 e. The quantitative estimate of drug-likeness (QED) is 0.555. The fraction of sp³-hybridized carbons (Fsp3) is 0.391. The van der Waals surface area contributed by atoms with Crippen LogP contribution < -0.4 is 5.32 Å². The third-order valence-corrected chi connectivity index (χ3v) is 7.39. The van der Waals surface area contributed by atoms with Crippen molar-refractivity contribution in [1.82, 2.24) is 10.2 Å². The Hall–Kier alpha value is -1.93. The Bertz CT molecular complexity index is 1080. The second kappa shape index (κ2) is 10.8. The monoisotopic (exact) mass is 496 g/mol. The summed E-state index contributed by atoms with van der Waals surface area (Å²) in [6.45, 7) is 2.50. The van der Waals surface area contributed by atoms with Crippen LogP contribution in [0.25, 0.3) is 0 Å². The summed E-state index contributed by atoms with van der Waals surface area (Å²) >= 11 is 12.0. The van der Waals surface area contributed by atoms with E-state index in [0.717, 1.165) is 44.3 Å². The molecule has 0 atom stereocenters. The van der Waals surface area contributed by atoms with E-state index in [4.69, 9.17) is 23.2 Å². The molecule has 0 spiro atoms. The molecule has 6 nitrogen and oxygen atoms in total. The van der Waals surface area contributed by atoms with Gasteiger partial charge in [-0.25, -0.2) is 8.42 Å². The van der Waals surface area contributed by atoms with E-state index >= 15 is 0 Å². The van der Waals surface area contributed by atoms with E-state index in [2.05, 4.69) is 10.2 Å². The van der Waals surface area contributed by atoms with Crippen molar-refractivity contribution in [1.29, 1.82) is 0 Å². The molecule has 1 aliphatic rings. The number of hydrogen-bond acceptors (Lipinski definition) is 5. The van der Waals surface area contributed by atoms with Crippen molar-refractivity contribution >= 4 is 44.7 Å². The second-order valence-electron chi connectivity index (χ2n) is 8.09. The first kappa shape index (κ1) is 24.7. The van der Waals surface area contributed by atoms with Crippen molar-refractivity contribution in [2.24, 2.45) is 0 Å². The molecular formula is C23H26Cl2N2O4S. The van der Waals surface area contributed by atoms with Gasteiger partial charge in [-0.05, 0) is 42.7 Å². The Labute approximate surface area is 198 Å². The molecule has 0 saturated carbocycles. The topological polar surface area (TPSA) is 83.5 Å². The van der Waals surface area contributed by atoms with Crippen molar-refractivity contribution in [2.45, 2.75) is 43.2 Å². The van der Waals surface area contributed by atoms with Gasteiger partial charge in [0, 0.05) is 50.3 Å². The maximum absolute atomic E-state index is 12.3. The number of amides is 1. The van der Waals surface area contributed by atoms with Crippen molar-refractivity contribution in [3.05, 3.63) is 63.6 Å². The number of benzene rings is 2. The number of rotatable bonds is 8. The maximum Gasteiger partial charge on any atom is 0.220 e. The number of nitrogens with one attached hydrogen (secondary N) is 1. The summed E-state index contributed by atoms with van der Waals surface area (Å²) < 4.78 is 23.0. The molecule has 1 N–H and O–H groups in total. The van der Waals surface area contributed by atoms with Crippen molar-refractivity contribution in [3.63, 3.8) is 0 Å². The maximum atomic E-state index is 12.3. The number of nitrogens with zero attached hydrogens (tertiary/aromatic N) is 1. The van der Waals surface area contributed by atoms with Crippen LogP contribution in [-0.2, 0) is 21.2 Å². The standard InChI is InChI=1S/C23H26Cl2N2O4S/c1-32(30,31)19-5-3-17(4-6-19)22(28)8-9-23(29)26-18-10-12-27(13-11-18)15-16-2-7-20(24)21(25)14-16/h2-7,14,18H,8-13,15H2,1H3,(H,26,29). The minimum atomic E-state index is -3.30. The normalized spacial score (nSPS) is 15.5. The molecule has 0 unspecified atom stereocenters. The van der Waals surface area contributed by atoms with Gasteiger partial charge in [-0.2, -0.15) is 0 Å². The lowest BCUT2D eigenvalue weighted by Crippen LogP contribution is -2.44. The van der Waals surface area contributed by atoms with Gasteiger partial charge in [0.15, 0.2) is 15.6 Å². The molecule has 1 amide bonds. The fourth-order valence-corrected chi connectivity index (χ4v) is 4.64. The van der Waals surface area contributed by atoms with E-state index in [1.165, 1.54) is 24.3 Å². The first-order valence-corrected chi connectivity index (χ1v) is 13.1. The zero-order chi connectivity index (χ0) is 23.3. The van der Waals surface area contributed by atoms with Crippen molar-refractivity contribution in [3.8, 4) is 0 Å². The predicted octanol–water partition coefficient (Wildman–Crippen LogP) is 4.14. The number of sulfone groups is 1. The summed E-state index contributed by atoms with van der Waals surface area (Å²) in [4.78, 5) is 27.1. The number of ketones is 1. The average molecular weight is 497 g/mol. The first-order chi connectivity index (χ1) is 15.1. The Balaban J connectivity index is 1.40. The van der Waals surface area contributed by atoms with Gasteiger partial charge in [-0.15, -0.1) is 0 Å². The molecule has 32 heavy (non-hydrogen) atoms. The Morgan fingerprint density at radius 3 is 2.25 bits per heavy atom. The summed E-state index contributed by atoms with van der Waals surface area (Å²) in [7, 11) is -3.30. The van der Waals surface area contributed by atoms with Crippen LogP contribution in [0.4, 0.5) is 0 Å². The van der Waals surface area contributed by atoms with Crippen LogP contribution in [0.15, 0.2) is 47.4 Å². The molecule has 0 radical (unpaired) electrons. The summed E-state index contributed by atoms with van der Waals surface area (Å²) in [6.07, 6.45) is 2.99. The number of Topliss-reactive ketones (excluding diaryl/α,β-unsaturated/α-hetero) is 1. The van der Waals surface area contributed by atoms with Crippen LogP contribution in [0, 0.1) is 0 Å². The third kappa shape index (κ3) is 7.04. The molecule has 1 heterocycles. The number of carbonyl (C=O) groups excluding carboxylic acids is 2. The molecule has 0 bridgehead atoms. The summed E-state index contributed by atoms with van der Waals surface area (Å²) in [5.41, 5.74) is 1.51. The van der Waals surface area contributed by atoms with Crippen LogP contribution in [0.2, 0.25) is 10.0 Å². The van der Waals surface area contributed by atoms with Gasteiger partial charge in [0.05, 0.1) is 14.9 Å². The van der Waals surface area contributed by atoms with Crippen LogP contribution in [0.1, 0.15) is 41.6 Å². The van der Waals surface area contributed by atoms with Gasteiger partial charge >= 0.3 is 0 Å². The zero-order valence-corrected chi connectivity index (χ0v) is 20.1. The van der Waals surface area contributed by atoms with Gasteiger partial charge in [0.25, 0.3) is 0 Å². The summed E-state index contributed by atoms with van der Waals surface area (Å²) in [5, 5.41) is 4.11. The minimum absolute atomic E-state index is 0.0836. The number of halogens is 2. The highest BCUT2D eigenvalue weighted by molar-refractivity contribution is 7.90. The lowest BCUT2D eigenvalue weighted by molar-refractivity contribution is -0.122. The Kier molecular flexibility index (Phi) is 8.33. The molecule has 9 heteroatoms. The highest BCUT2D eigenvalue weighted by Crippen LogP contribution is 2.24. The Morgan fingerprint density at radius 2 is 1.66 bits per heavy atom. The fourth-order valence-electron chi connectivity index (χ4n) is 3.69. The number of likely N-dealkylation sites (tertiary alicyclic amines) is 1. The number of piperidine rings is 1. The first-order valence-electron chi connectivity index (χ1n) is 10.4. The minimum Gasteiger partial charge on any atom is -0.353 e. The molecule has 2 aromatic rings. The highest BCUT2D eigenvalue weighted by atomic mass is 35.5. The van der Waals surface area contributed by atoms with Crippen LogP contribution >= 0.6 is 23.2 Å². The van der Waals surface area contributed by atoms with E-state index in [1.54, 1.807) is 6.07 Å².